The van der Waals surface area contributed by atoms with Gasteiger partial charge in [0.05, 0.1) is 30.3 Å². The van der Waals surface area contributed by atoms with Gasteiger partial charge in [-0.05, 0) is 36.2 Å². The predicted octanol–water partition coefficient (Wildman–Crippen LogP) is 2.22. The van der Waals surface area contributed by atoms with Gasteiger partial charge in [0.25, 0.3) is 5.56 Å². The Bertz CT molecular complexity index is 1130. The molecule has 0 atom stereocenters. The zero-order valence-electron chi connectivity index (χ0n) is 15.4. The van der Waals surface area contributed by atoms with Gasteiger partial charge in [-0.15, -0.1) is 0 Å². The van der Waals surface area contributed by atoms with Gasteiger partial charge in [-0.2, -0.15) is 0 Å². The Hall–Kier alpha value is -2.36. The van der Waals surface area contributed by atoms with Gasteiger partial charge < -0.3 is 4.74 Å². The van der Waals surface area contributed by atoms with Crippen LogP contribution in [-0.2, 0) is 16.6 Å². The van der Waals surface area contributed by atoms with E-state index in [1.54, 1.807) is 23.8 Å². The molecule has 0 fully saturated rings. The molecule has 0 amide bonds. The second-order valence-electron chi connectivity index (χ2n) is 6.22. The summed E-state index contributed by atoms with van der Waals surface area (Å²) in [6.45, 7) is 0.359. The molecule has 3 rings (SSSR count). The Balaban J connectivity index is 1.92. The number of ether oxygens (including phenoxy) is 1. The summed E-state index contributed by atoms with van der Waals surface area (Å²) < 4.78 is 29.0. The van der Waals surface area contributed by atoms with Gasteiger partial charge in [0.1, 0.15) is 5.75 Å². The summed E-state index contributed by atoms with van der Waals surface area (Å²) in [5.74, 6) is 1.13. The van der Waals surface area contributed by atoms with Crippen molar-refractivity contribution in [1.82, 2.24) is 9.55 Å². The number of hydrogen-bond donors (Lipinski definition) is 1. The Labute approximate surface area is 167 Å². The summed E-state index contributed by atoms with van der Waals surface area (Å²) in [6, 6.07) is 14.7. The van der Waals surface area contributed by atoms with E-state index in [1.807, 2.05) is 36.4 Å². The lowest BCUT2D eigenvalue weighted by molar-refractivity contribution is 0.414. The summed E-state index contributed by atoms with van der Waals surface area (Å²) in [7, 11) is -1.90. The number of para-hydroxylation sites is 1. The SMILES string of the molecule is COc1ccc(Cn2c(SCCCS(N)(=O)=O)nc3ccccc3c2=O)cc1. The number of nitrogens with two attached hydrogens (primary N) is 1. The first kappa shape index (κ1) is 20.4. The minimum atomic E-state index is -3.50. The molecule has 3 aromatic rings. The zero-order valence-corrected chi connectivity index (χ0v) is 17.0. The van der Waals surface area contributed by atoms with E-state index in [4.69, 9.17) is 9.88 Å². The molecule has 0 aliphatic carbocycles. The highest BCUT2D eigenvalue weighted by atomic mass is 32.2. The molecule has 0 unspecified atom stereocenters. The van der Waals surface area contributed by atoms with Crippen LogP contribution in [0.3, 0.4) is 0 Å². The number of nitrogens with zero attached hydrogens (tertiary/aromatic N) is 2. The fraction of sp³-hybridized carbons (Fsp3) is 0.263. The normalized spacial score (nSPS) is 11.6. The fourth-order valence-corrected chi connectivity index (χ4v) is 4.40. The van der Waals surface area contributed by atoms with Gasteiger partial charge in [0.15, 0.2) is 5.16 Å². The molecule has 0 saturated heterocycles. The van der Waals surface area contributed by atoms with Crippen molar-refractivity contribution in [2.45, 2.75) is 18.1 Å². The van der Waals surface area contributed by atoms with E-state index in [0.29, 0.717) is 34.8 Å². The van der Waals surface area contributed by atoms with E-state index < -0.39 is 10.0 Å². The number of primary sulfonamides is 1. The molecule has 9 heteroatoms. The quantitative estimate of drug-likeness (QED) is 0.341. The summed E-state index contributed by atoms with van der Waals surface area (Å²) in [4.78, 5) is 17.7. The number of methoxy groups -OCH3 is 1. The van der Waals surface area contributed by atoms with Crippen LogP contribution in [0, 0.1) is 0 Å². The number of benzene rings is 2. The lowest BCUT2D eigenvalue weighted by Crippen LogP contribution is -2.24. The highest BCUT2D eigenvalue weighted by molar-refractivity contribution is 7.99. The molecular weight excluding hydrogens is 398 g/mol. The third kappa shape index (κ3) is 5.12. The smallest absolute Gasteiger partial charge is 0.262 e. The van der Waals surface area contributed by atoms with Crippen molar-refractivity contribution in [2.75, 3.05) is 18.6 Å². The maximum absolute atomic E-state index is 13.0. The Morgan fingerprint density at radius 1 is 1.14 bits per heavy atom. The van der Waals surface area contributed by atoms with Crippen LogP contribution in [0.2, 0.25) is 0 Å². The number of sulfonamides is 1. The minimum absolute atomic E-state index is 0.101. The molecule has 1 heterocycles. The van der Waals surface area contributed by atoms with Gasteiger partial charge in [0, 0.05) is 5.75 Å². The summed E-state index contributed by atoms with van der Waals surface area (Å²) >= 11 is 1.35. The van der Waals surface area contributed by atoms with Crippen molar-refractivity contribution in [2.24, 2.45) is 5.14 Å². The molecule has 2 aromatic carbocycles. The maximum atomic E-state index is 13.0. The van der Waals surface area contributed by atoms with Crippen molar-refractivity contribution < 1.29 is 13.2 Å². The summed E-state index contributed by atoms with van der Waals surface area (Å²) in [5.41, 5.74) is 1.43. The number of fused-ring (bicyclic) bond motifs is 1. The molecule has 148 valence electrons. The van der Waals surface area contributed by atoms with E-state index in [2.05, 4.69) is 4.98 Å². The fourth-order valence-electron chi connectivity index (χ4n) is 2.73. The third-order valence-corrected chi connectivity index (χ3v) is 6.05. The maximum Gasteiger partial charge on any atom is 0.262 e. The van der Waals surface area contributed by atoms with Crippen molar-refractivity contribution >= 4 is 32.7 Å². The largest absolute Gasteiger partial charge is 0.497 e. The molecule has 0 aliphatic heterocycles. The predicted molar refractivity (Wildman–Crippen MR) is 111 cm³/mol. The van der Waals surface area contributed by atoms with E-state index in [9.17, 15) is 13.2 Å². The molecule has 0 bridgehead atoms. The molecular formula is C19H21N3O4S2. The van der Waals surface area contributed by atoms with Crippen molar-refractivity contribution in [1.29, 1.82) is 0 Å². The molecule has 1 aromatic heterocycles. The van der Waals surface area contributed by atoms with Crippen LogP contribution in [0.4, 0.5) is 0 Å². The average Bonchev–Trinajstić information content (AvgIpc) is 2.68. The van der Waals surface area contributed by atoms with E-state index in [1.165, 1.54) is 11.8 Å². The van der Waals surface area contributed by atoms with Gasteiger partial charge in [0.2, 0.25) is 10.0 Å². The minimum Gasteiger partial charge on any atom is -0.497 e. The lowest BCUT2D eigenvalue weighted by Gasteiger charge is -2.13. The van der Waals surface area contributed by atoms with Crippen LogP contribution in [0.5, 0.6) is 5.75 Å². The highest BCUT2D eigenvalue weighted by Gasteiger charge is 2.13. The standard InChI is InChI=1S/C19H21N3O4S2/c1-26-15-9-7-14(8-10-15)13-22-18(23)16-5-2-3-6-17(16)21-19(22)27-11-4-12-28(20,24)25/h2-3,5-10H,4,11-13H2,1H3,(H2,20,24,25). The van der Waals surface area contributed by atoms with Crippen molar-refractivity contribution in [3.05, 3.63) is 64.4 Å². The van der Waals surface area contributed by atoms with Crippen LogP contribution in [0.15, 0.2) is 58.5 Å². The molecule has 7 nitrogen and oxygen atoms in total. The zero-order chi connectivity index (χ0) is 20.1. The molecule has 0 spiro atoms. The van der Waals surface area contributed by atoms with Crippen LogP contribution in [-0.4, -0.2) is 36.6 Å². The number of thioether (sulfide) groups is 1. The molecule has 2 N–H and O–H groups in total. The van der Waals surface area contributed by atoms with Crippen LogP contribution < -0.4 is 15.4 Å². The van der Waals surface area contributed by atoms with Crippen LogP contribution in [0.25, 0.3) is 10.9 Å². The molecule has 28 heavy (non-hydrogen) atoms. The average molecular weight is 420 g/mol. The second kappa shape index (κ2) is 8.76. The molecule has 0 saturated carbocycles. The van der Waals surface area contributed by atoms with Crippen molar-refractivity contribution in [3.8, 4) is 5.75 Å². The molecule has 0 aliphatic rings. The molecule has 0 radical (unpaired) electrons. The number of aromatic nitrogens is 2. The number of rotatable bonds is 8. The first-order valence-corrected chi connectivity index (χ1v) is 11.3. The Kier molecular flexibility index (Phi) is 6.38. The van der Waals surface area contributed by atoms with Gasteiger partial charge >= 0.3 is 0 Å². The van der Waals surface area contributed by atoms with Crippen molar-refractivity contribution in [3.63, 3.8) is 0 Å². The first-order chi connectivity index (χ1) is 13.4. The van der Waals surface area contributed by atoms with Gasteiger partial charge in [-0.1, -0.05) is 36.0 Å². The number of hydrogen-bond acceptors (Lipinski definition) is 6. The van der Waals surface area contributed by atoms with E-state index in [0.717, 1.165) is 11.3 Å². The van der Waals surface area contributed by atoms with Gasteiger partial charge in [-0.3, -0.25) is 9.36 Å². The van der Waals surface area contributed by atoms with E-state index >= 15 is 0 Å². The monoisotopic (exact) mass is 419 g/mol. The second-order valence-corrected chi connectivity index (χ2v) is 9.02. The summed E-state index contributed by atoms with van der Waals surface area (Å²) in [5, 5.41) is 6.15. The van der Waals surface area contributed by atoms with Crippen LogP contribution >= 0.6 is 11.8 Å². The first-order valence-electron chi connectivity index (χ1n) is 8.63. The lowest BCUT2D eigenvalue weighted by atomic mass is 10.2. The topological polar surface area (TPSA) is 104 Å². The highest BCUT2D eigenvalue weighted by Crippen LogP contribution is 2.20. The summed E-state index contributed by atoms with van der Waals surface area (Å²) in [6.07, 6.45) is 0.384. The Morgan fingerprint density at radius 2 is 1.86 bits per heavy atom. The van der Waals surface area contributed by atoms with E-state index in [-0.39, 0.29) is 11.3 Å². The Morgan fingerprint density at radius 3 is 2.54 bits per heavy atom. The van der Waals surface area contributed by atoms with Gasteiger partial charge in [-0.25, -0.2) is 18.5 Å². The third-order valence-electron chi connectivity index (χ3n) is 4.13. The van der Waals surface area contributed by atoms with Crippen LogP contribution in [0.1, 0.15) is 12.0 Å².